The van der Waals surface area contributed by atoms with Crippen molar-refractivity contribution in [3.05, 3.63) is 57.1 Å². The van der Waals surface area contributed by atoms with E-state index in [1.165, 1.54) is 11.1 Å². The Bertz CT molecular complexity index is 1120. The van der Waals surface area contributed by atoms with Crippen LogP contribution in [-0.2, 0) is 36.0 Å². The first kappa shape index (κ1) is 20.5. The molecule has 1 aromatic heterocycles. The van der Waals surface area contributed by atoms with Gasteiger partial charge in [0.2, 0.25) is 0 Å². The van der Waals surface area contributed by atoms with Gasteiger partial charge in [-0.3, -0.25) is 4.79 Å². The highest BCUT2D eigenvalue weighted by Gasteiger charge is 2.26. The molecule has 3 aromatic rings. The van der Waals surface area contributed by atoms with Crippen LogP contribution in [0.25, 0.3) is 11.0 Å². The number of ether oxygens (including phenoxy) is 1. The van der Waals surface area contributed by atoms with Gasteiger partial charge < -0.3 is 9.84 Å². The zero-order valence-corrected chi connectivity index (χ0v) is 18.2. The number of aromatic nitrogens is 3. The van der Waals surface area contributed by atoms with Gasteiger partial charge in [0.1, 0.15) is 5.52 Å². The van der Waals surface area contributed by atoms with E-state index in [4.69, 9.17) is 4.74 Å². The molecule has 0 amide bonds. The fraction of sp³-hybridized carbons (Fsp3) is 0.458. The third kappa shape index (κ3) is 3.49. The molecule has 2 aromatic carbocycles. The Hall–Kier alpha value is -2.73. The maximum Gasteiger partial charge on any atom is 0.306 e. The predicted molar refractivity (Wildman–Crippen MR) is 115 cm³/mol. The van der Waals surface area contributed by atoms with Crippen molar-refractivity contribution in [1.29, 1.82) is 0 Å². The second-order valence-electron chi connectivity index (χ2n) is 8.21. The van der Waals surface area contributed by atoms with Gasteiger partial charge in [0.25, 0.3) is 0 Å². The lowest BCUT2D eigenvalue weighted by atomic mass is 9.82. The van der Waals surface area contributed by atoms with Gasteiger partial charge in [0.15, 0.2) is 0 Å². The number of carbonyl (C=O) groups is 1. The number of hydrogen-bond acceptors (Lipinski definition) is 5. The van der Waals surface area contributed by atoms with Gasteiger partial charge in [-0.05, 0) is 79.0 Å². The minimum absolute atomic E-state index is 0.0174. The van der Waals surface area contributed by atoms with E-state index in [1.807, 2.05) is 20.9 Å². The quantitative estimate of drug-likeness (QED) is 0.631. The van der Waals surface area contributed by atoms with Crippen LogP contribution < -0.4 is 0 Å². The second-order valence-corrected chi connectivity index (χ2v) is 8.21. The summed E-state index contributed by atoms with van der Waals surface area (Å²) in [6.45, 7) is 6.30. The predicted octanol–water partition coefficient (Wildman–Crippen LogP) is 3.65. The van der Waals surface area contributed by atoms with Crippen LogP contribution in [0.1, 0.15) is 64.6 Å². The number of carbonyl (C=O) groups excluding carboxylic acids is 1. The lowest BCUT2D eigenvalue weighted by Crippen LogP contribution is -2.14. The fourth-order valence-electron chi connectivity index (χ4n) is 4.92. The highest BCUT2D eigenvalue weighted by molar-refractivity contribution is 5.83. The Morgan fingerprint density at radius 2 is 2.07 bits per heavy atom. The Labute approximate surface area is 176 Å². The molecule has 0 unspecified atom stereocenters. The summed E-state index contributed by atoms with van der Waals surface area (Å²) in [5.41, 5.74) is 9.65. The number of fused-ring (bicyclic) bond motifs is 2. The summed E-state index contributed by atoms with van der Waals surface area (Å²) in [6, 6.07) is 6.45. The summed E-state index contributed by atoms with van der Waals surface area (Å²) < 4.78 is 7.10. The van der Waals surface area contributed by atoms with Crippen LogP contribution in [0.5, 0.6) is 0 Å². The number of nitrogens with zero attached hydrogens (tertiary/aromatic N) is 3. The van der Waals surface area contributed by atoms with E-state index < -0.39 is 0 Å². The summed E-state index contributed by atoms with van der Waals surface area (Å²) in [5, 5.41) is 18.6. The van der Waals surface area contributed by atoms with Crippen molar-refractivity contribution >= 4 is 17.0 Å². The van der Waals surface area contributed by atoms with E-state index in [9.17, 15) is 9.90 Å². The second kappa shape index (κ2) is 8.19. The molecule has 0 bridgehead atoms. The summed E-state index contributed by atoms with van der Waals surface area (Å²) in [6.07, 6.45) is 3.39. The molecule has 0 aliphatic heterocycles. The number of rotatable bonds is 6. The molecule has 6 nitrogen and oxygen atoms in total. The number of esters is 1. The van der Waals surface area contributed by atoms with Crippen molar-refractivity contribution in [3.8, 4) is 0 Å². The first-order valence-electron chi connectivity index (χ1n) is 10.6. The monoisotopic (exact) mass is 407 g/mol. The highest BCUT2D eigenvalue weighted by Crippen LogP contribution is 2.38. The smallest absolute Gasteiger partial charge is 0.306 e. The number of hydrogen-bond donors (Lipinski definition) is 1. The molecule has 1 atom stereocenters. The zero-order valence-electron chi connectivity index (χ0n) is 18.2. The van der Waals surface area contributed by atoms with E-state index in [1.54, 1.807) is 4.68 Å². The van der Waals surface area contributed by atoms with E-state index in [-0.39, 0.29) is 24.9 Å². The number of benzene rings is 2. The molecule has 0 spiro atoms. The van der Waals surface area contributed by atoms with Crippen LogP contribution in [-0.4, -0.2) is 32.7 Å². The van der Waals surface area contributed by atoms with E-state index >= 15 is 0 Å². The SMILES string of the molecule is CCOC(=O)C[C@H](c1cc(CO)c2c(c1)CCC2)c1cc(C)c2c(nnn2C)c1C. The topological polar surface area (TPSA) is 77.2 Å². The lowest BCUT2D eigenvalue weighted by Gasteiger charge is -2.22. The average Bonchev–Trinajstić information content (AvgIpc) is 3.35. The maximum absolute atomic E-state index is 12.5. The van der Waals surface area contributed by atoms with Crippen molar-refractivity contribution in [2.75, 3.05) is 6.61 Å². The van der Waals surface area contributed by atoms with E-state index in [0.717, 1.165) is 58.1 Å². The van der Waals surface area contributed by atoms with Gasteiger partial charge >= 0.3 is 5.97 Å². The summed E-state index contributed by atoms with van der Waals surface area (Å²) in [5.74, 6) is -0.379. The molecule has 0 saturated carbocycles. The molecular formula is C24H29N3O3. The van der Waals surface area contributed by atoms with Crippen molar-refractivity contribution in [3.63, 3.8) is 0 Å². The number of aryl methyl sites for hydroxylation is 4. The molecular weight excluding hydrogens is 378 g/mol. The van der Waals surface area contributed by atoms with Gasteiger partial charge in [-0.2, -0.15) is 0 Å². The van der Waals surface area contributed by atoms with Crippen molar-refractivity contribution in [2.45, 2.75) is 59.0 Å². The van der Waals surface area contributed by atoms with Crippen molar-refractivity contribution < 1.29 is 14.6 Å². The molecule has 0 saturated heterocycles. The van der Waals surface area contributed by atoms with Crippen LogP contribution in [0, 0.1) is 13.8 Å². The zero-order chi connectivity index (χ0) is 21.4. The summed E-state index contributed by atoms with van der Waals surface area (Å²) >= 11 is 0. The molecule has 30 heavy (non-hydrogen) atoms. The minimum Gasteiger partial charge on any atom is -0.466 e. The molecule has 1 aliphatic rings. The van der Waals surface area contributed by atoms with E-state index in [2.05, 4.69) is 35.4 Å². The van der Waals surface area contributed by atoms with Crippen LogP contribution in [0.2, 0.25) is 0 Å². The number of aliphatic hydroxyl groups is 1. The first-order valence-corrected chi connectivity index (χ1v) is 10.6. The molecule has 4 rings (SSSR count). The van der Waals surface area contributed by atoms with Crippen LogP contribution >= 0.6 is 0 Å². The van der Waals surface area contributed by atoms with Gasteiger partial charge in [0.05, 0.1) is 25.2 Å². The molecule has 1 N–H and O–H groups in total. The molecule has 158 valence electrons. The molecule has 0 fully saturated rings. The first-order chi connectivity index (χ1) is 14.4. The minimum atomic E-state index is -0.218. The Morgan fingerprint density at radius 3 is 2.80 bits per heavy atom. The average molecular weight is 408 g/mol. The largest absolute Gasteiger partial charge is 0.466 e. The fourth-order valence-corrected chi connectivity index (χ4v) is 4.92. The molecule has 6 heteroatoms. The normalized spacial score (nSPS) is 14.2. The Balaban J connectivity index is 1.89. The summed E-state index contributed by atoms with van der Waals surface area (Å²) in [4.78, 5) is 12.5. The molecule has 0 radical (unpaired) electrons. The van der Waals surface area contributed by atoms with Crippen molar-refractivity contribution in [1.82, 2.24) is 15.0 Å². The van der Waals surface area contributed by atoms with Crippen LogP contribution in [0.3, 0.4) is 0 Å². The van der Waals surface area contributed by atoms with Gasteiger partial charge in [-0.25, -0.2) is 4.68 Å². The molecule has 1 heterocycles. The third-order valence-corrected chi connectivity index (χ3v) is 6.31. The molecule has 1 aliphatic carbocycles. The van der Waals surface area contributed by atoms with Crippen LogP contribution in [0.4, 0.5) is 0 Å². The van der Waals surface area contributed by atoms with Gasteiger partial charge in [-0.15, -0.1) is 5.10 Å². The maximum atomic E-state index is 12.5. The van der Waals surface area contributed by atoms with Gasteiger partial charge in [-0.1, -0.05) is 23.4 Å². The standard InChI is InChI=1S/C24H29N3O3/c1-5-30-22(29)12-21(17-10-16-7-6-8-19(16)18(11-17)13-28)20-9-14(2)24-23(15(20)3)25-26-27(24)4/h9-11,21,28H,5-8,12-13H2,1-4H3/t21-/m1/s1. The van der Waals surface area contributed by atoms with Gasteiger partial charge in [0, 0.05) is 13.0 Å². The Morgan fingerprint density at radius 1 is 1.27 bits per heavy atom. The van der Waals surface area contributed by atoms with Crippen LogP contribution in [0.15, 0.2) is 18.2 Å². The lowest BCUT2D eigenvalue weighted by molar-refractivity contribution is -0.143. The van der Waals surface area contributed by atoms with Crippen molar-refractivity contribution in [2.24, 2.45) is 7.05 Å². The summed E-state index contributed by atoms with van der Waals surface area (Å²) in [7, 11) is 1.89. The third-order valence-electron chi connectivity index (χ3n) is 6.31. The van der Waals surface area contributed by atoms with E-state index in [0.29, 0.717) is 6.61 Å². The highest BCUT2D eigenvalue weighted by atomic mass is 16.5. The Kier molecular flexibility index (Phi) is 5.60. The number of aliphatic hydroxyl groups excluding tert-OH is 1.